The number of nitrogens with one attached hydrogen (secondary N) is 2. The normalized spacial score (nSPS) is 20.4. The van der Waals surface area contributed by atoms with Crippen LogP contribution >= 0.6 is 0 Å². The molecule has 0 radical (unpaired) electrons. The van der Waals surface area contributed by atoms with E-state index in [9.17, 15) is 9.18 Å². The number of anilines is 2. The van der Waals surface area contributed by atoms with E-state index in [-0.39, 0.29) is 23.7 Å². The van der Waals surface area contributed by atoms with Gasteiger partial charge in [-0.25, -0.2) is 9.37 Å². The van der Waals surface area contributed by atoms with Gasteiger partial charge in [0.15, 0.2) is 11.5 Å². The molecule has 1 saturated carbocycles. The standard InChI is InChI=1S/C25H28FN7O2/c1-15-12-32-13-16(9-21(26)24(32)28-15)29-25(34)19-3-4-22(31-7-5-27-6-8-31)20-14-33(30-23(19)20)17-10-18(11-17)35-2/h3-4,9,12-14,17-18,27H,5-8,10-11H2,1-2H3,(H,29,34)/t17-,18-. The number of aromatic nitrogens is 4. The predicted octanol–water partition coefficient (Wildman–Crippen LogP) is 3.14. The molecule has 0 spiro atoms. The second kappa shape index (κ2) is 8.62. The molecular formula is C25H28FN7O2. The summed E-state index contributed by atoms with van der Waals surface area (Å²) in [7, 11) is 1.73. The van der Waals surface area contributed by atoms with Crippen molar-refractivity contribution in [2.45, 2.75) is 31.9 Å². The number of aryl methyl sites for hydroxylation is 1. The molecule has 182 valence electrons. The van der Waals surface area contributed by atoms with Gasteiger partial charge in [-0.2, -0.15) is 5.10 Å². The first kappa shape index (κ1) is 22.0. The van der Waals surface area contributed by atoms with E-state index in [0.29, 0.717) is 22.5 Å². The molecule has 9 nitrogen and oxygen atoms in total. The molecule has 10 heteroatoms. The fraction of sp³-hybridized carbons (Fsp3) is 0.400. The minimum atomic E-state index is -0.489. The van der Waals surface area contributed by atoms with Crippen molar-refractivity contribution in [1.82, 2.24) is 24.5 Å². The number of hydrogen-bond acceptors (Lipinski definition) is 6. The third kappa shape index (κ3) is 3.92. The van der Waals surface area contributed by atoms with Gasteiger partial charge in [0.25, 0.3) is 5.91 Å². The highest BCUT2D eigenvalue weighted by Crippen LogP contribution is 2.37. The van der Waals surface area contributed by atoms with Crippen LogP contribution in [0.3, 0.4) is 0 Å². The van der Waals surface area contributed by atoms with Crippen LogP contribution in [0.15, 0.2) is 36.8 Å². The summed E-state index contributed by atoms with van der Waals surface area (Å²) in [6.45, 7) is 5.42. The van der Waals surface area contributed by atoms with E-state index >= 15 is 0 Å². The molecule has 4 aromatic rings. The van der Waals surface area contributed by atoms with Crippen molar-refractivity contribution < 1.29 is 13.9 Å². The van der Waals surface area contributed by atoms with Gasteiger partial charge in [-0.05, 0) is 31.9 Å². The van der Waals surface area contributed by atoms with Crippen molar-refractivity contribution in [2.75, 3.05) is 43.5 Å². The number of hydrogen-bond donors (Lipinski definition) is 2. The van der Waals surface area contributed by atoms with E-state index < -0.39 is 5.82 Å². The van der Waals surface area contributed by atoms with Gasteiger partial charge >= 0.3 is 0 Å². The van der Waals surface area contributed by atoms with Gasteiger partial charge in [-0.3, -0.25) is 9.48 Å². The highest BCUT2D eigenvalue weighted by Gasteiger charge is 2.32. The first-order valence-electron chi connectivity index (χ1n) is 12.0. The predicted molar refractivity (Wildman–Crippen MR) is 132 cm³/mol. The van der Waals surface area contributed by atoms with Gasteiger partial charge in [0, 0.05) is 69.0 Å². The third-order valence-corrected chi connectivity index (χ3v) is 7.04. The third-order valence-electron chi connectivity index (χ3n) is 7.04. The Kier molecular flexibility index (Phi) is 5.42. The lowest BCUT2D eigenvalue weighted by molar-refractivity contribution is 0.00269. The average Bonchev–Trinajstić information content (AvgIpc) is 3.42. The van der Waals surface area contributed by atoms with Gasteiger partial charge in [-0.15, -0.1) is 0 Å². The first-order chi connectivity index (χ1) is 17.0. The van der Waals surface area contributed by atoms with Crippen LogP contribution in [0.1, 0.15) is 34.9 Å². The monoisotopic (exact) mass is 477 g/mol. The molecule has 6 rings (SSSR count). The fourth-order valence-electron chi connectivity index (χ4n) is 5.05. The second-order valence-electron chi connectivity index (χ2n) is 9.37. The maximum absolute atomic E-state index is 14.6. The van der Waals surface area contributed by atoms with Crippen LogP contribution in [-0.2, 0) is 4.74 Å². The van der Waals surface area contributed by atoms with E-state index in [2.05, 4.69) is 26.7 Å². The van der Waals surface area contributed by atoms with Crippen molar-refractivity contribution in [1.29, 1.82) is 0 Å². The second-order valence-corrected chi connectivity index (χ2v) is 9.37. The summed E-state index contributed by atoms with van der Waals surface area (Å²) < 4.78 is 23.6. The van der Waals surface area contributed by atoms with Crippen LogP contribution in [0, 0.1) is 12.7 Å². The summed E-state index contributed by atoms with van der Waals surface area (Å²) in [6.07, 6.45) is 7.50. The van der Waals surface area contributed by atoms with E-state index in [0.717, 1.165) is 50.1 Å². The number of benzene rings is 1. The molecule has 2 N–H and O–H groups in total. The molecule has 0 unspecified atom stereocenters. The SMILES string of the molecule is CO[C@H]1C[C@H](n2cc3c(N4CCNCC4)ccc(C(=O)Nc4cc(F)c5nc(C)cn5c4)c3n2)C1. The van der Waals surface area contributed by atoms with Crippen LogP contribution in [0.5, 0.6) is 0 Å². The largest absolute Gasteiger partial charge is 0.381 e. The summed E-state index contributed by atoms with van der Waals surface area (Å²) in [5.41, 5.74) is 3.49. The average molecular weight is 478 g/mol. The molecule has 1 aliphatic heterocycles. The summed E-state index contributed by atoms with van der Waals surface area (Å²) >= 11 is 0. The van der Waals surface area contributed by atoms with Gasteiger partial charge in [0.05, 0.1) is 29.1 Å². The summed E-state index contributed by atoms with van der Waals surface area (Å²) in [4.78, 5) is 19.9. The van der Waals surface area contributed by atoms with Crippen molar-refractivity contribution in [2.24, 2.45) is 0 Å². The highest BCUT2D eigenvalue weighted by atomic mass is 19.1. The number of carbonyl (C=O) groups is 1. The minimum Gasteiger partial charge on any atom is -0.381 e. The molecule has 0 atom stereocenters. The van der Waals surface area contributed by atoms with Gasteiger partial charge in [0.2, 0.25) is 0 Å². The van der Waals surface area contributed by atoms with Crippen LogP contribution < -0.4 is 15.5 Å². The van der Waals surface area contributed by atoms with Crippen LogP contribution in [0.2, 0.25) is 0 Å². The topological polar surface area (TPSA) is 88.7 Å². The summed E-state index contributed by atoms with van der Waals surface area (Å²) in [5, 5.41) is 12.0. The number of halogens is 1. The Hall–Kier alpha value is -3.50. The Morgan fingerprint density at radius 2 is 2.00 bits per heavy atom. The number of amides is 1. The summed E-state index contributed by atoms with van der Waals surface area (Å²) in [6, 6.07) is 5.36. The molecule has 4 heterocycles. The number of pyridine rings is 1. The Morgan fingerprint density at radius 1 is 1.20 bits per heavy atom. The van der Waals surface area contributed by atoms with Gasteiger partial charge in [-0.1, -0.05) is 0 Å². The zero-order chi connectivity index (χ0) is 24.1. The Labute approximate surface area is 201 Å². The molecule has 1 aromatic carbocycles. The van der Waals surface area contributed by atoms with E-state index in [1.165, 1.54) is 6.07 Å². The molecule has 2 fully saturated rings. The lowest BCUT2D eigenvalue weighted by atomic mass is 9.89. The quantitative estimate of drug-likeness (QED) is 0.459. The number of imidazole rings is 1. The van der Waals surface area contributed by atoms with Crippen molar-refractivity contribution in [3.8, 4) is 0 Å². The van der Waals surface area contributed by atoms with E-state index in [1.807, 2.05) is 16.8 Å². The lowest BCUT2D eigenvalue weighted by Gasteiger charge is -2.34. The number of rotatable bonds is 5. The number of fused-ring (bicyclic) bond motifs is 2. The Balaban J connectivity index is 1.36. The smallest absolute Gasteiger partial charge is 0.257 e. The van der Waals surface area contributed by atoms with Gasteiger partial charge in [0.1, 0.15) is 5.52 Å². The van der Waals surface area contributed by atoms with E-state index in [1.54, 1.807) is 30.8 Å². The van der Waals surface area contributed by atoms with E-state index in [4.69, 9.17) is 9.84 Å². The van der Waals surface area contributed by atoms with Crippen molar-refractivity contribution >= 4 is 33.8 Å². The molecule has 1 aliphatic carbocycles. The molecular weight excluding hydrogens is 449 g/mol. The maximum Gasteiger partial charge on any atom is 0.257 e. The van der Waals surface area contributed by atoms with Crippen molar-refractivity contribution in [3.05, 3.63) is 53.9 Å². The number of ether oxygens (including phenoxy) is 1. The van der Waals surface area contributed by atoms with Gasteiger partial charge < -0.3 is 24.7 Å². The number of carbonyl (C=O) groups excluding carboxylic acids is 1. The van der Waals surface area contributed by atoms with Crippen molar-refractivity contribution in [3.63, 3.8) is 0 Å². The zero-order valence-electron chi connectivity index (χ0n) is 19.8. The Bertz CT molecular complexity index is 1420. The lowest BCUT2D eigenvalue weighted by Crippen LogP contribution is -2.43. The van der Waals surface area contributed by atoms with Crippen LogP contribution in [0.25, 0.3) is 16.6 Å². The molecule has 1 saturated heterocycles. The number of methoxy groups -OCH3 is 1. The molecule has 0 bridgehead atoms. The first-order valence-corrected chi connectivity index (χ1v) is 12.0. The maximum atomic E-state index is 14.6. The minimum absolute atomic E-state index is 0.233. The molecule has 2 aliphatic rings. The highest BCUT2D eigenvalue weighted by molar-refractivity contribution is 6.13. The number of nitrogens with zero attached hydrogens (tertiary/aromatic N) is 5. The molecule has 35 heavy (non-hydrogen) atoms. The molecule has 1 amide bonds. The fourth-order valence-corrected chi connectivity index (χ4v) is 5.05. The summed E-state index contributed by atoms with van der Waals surface area (Å²) in [5.74, 6) is -0.817. The van der Waals surface area contributed by atoms with Crippen LogP contribution in [0.4, 0.5) is 15.8 Å². The Morgan fingerprint density at radius 3 is 2.77 bits per heavy atom. The molecule has 3 aromatic heterocycles. The zero-order valence-corrected chi connectivity index (χ0v) is 19.8. The number of piperazine rings is 1. The van der Waals surface area contributed by atoms with Crippen LogP contribution in [-0.4, -0.2) is 64.5 Å².